The summed E-state index contributed by atoms with van der Waals surface area (Å²) in [5, 5.41) is 9.10. The number of carboxylic acid groups (broad SMARTS) is 1. The third-order valence-corrected chi connectivity index (χ3v) is 2.87. The Bertz CT molecular complexity index is 263. The molecule has 91 valence electrons. The fourth-order valence-electron chi connectivity index (χ4n) is 1.68. The van der Waals surface area contributed by atoms with Crippen LogP contribution < -0.4 is 0 Å². The van der Waals surface area contributed by atoms with Crippen molar-refractivity contribution in [1.82, 2.24) is 0 Å². The quantitative estimate of drug-likeness (QED) is 0.790. The van der Waals surface area contributed by atoms with Gasteiger partial charge in [-0.15, -0.1) is 0 Å². The van der Waals surface area contributed by atoms with Gasteiger partial charge in [0.25, 0.3) is 0 Å². The van der Waals surface area contributed by atoms with Gasteiger partial charge in [-0.25, -0.2) is 0 Å². The molecule has 1 atom stereocenters. The van der Waals surface area contributed by atoms with Crippen molar-refractivity contribution in [2.75, 3.05) is 7.11 Å². The van der Waals surface area contributed by atoms with E-state index in [1.165, 1.54) is 7.11 Å². The first-order valence-corrected chi connectivity index (χ1v) is 5.01. The van der Waals surface area contributed by atoms with Crippen molar-refractivity contribution in [1.29, 1.82) is 0 Å². The number of esters is 1. The summed E-state index contributed by atoms with van der Waals surface area (Å²) in [6.07, 6.45) is 0.765. The number of carbonyl (C=O) groups excluding carboxylic acids is 1. The van der Waals surface area contributed by atoms with Crippen molar-refractivity contribution in [3.8, 4) is 0 Å². The molecule has 1 N–H and O–H groups in total. The summed E-state index contributed by atoms with van der Waals surface area (Å²) in [5.41, 5.74) is -1.64. The summed E-state index contributed by atoms with van der Waals surface area (Å²) >= 11 is 0. The van der Waals surface area contributed by atoms with Crippen molar-refractivity contribution in [3.63, 3.8) is 0 Å². The molecule has 0 aromatic rings. The van der Waals surface area contributed by atoms with E-state index in [9.17, 15) is 9.59 Å². The number of ether oxygens (including phenoxy) is 1. The zero-order valence-corrected chi connectivity index (χ0v) is 13.5. The Labute approximate surface area is 122 Å². The number of hydrogen-bond donors (Lipinski definition) is 1. The van der Waals surface area contributed by atoms with Gasteiger partial charge in [0.05, 0.1) is 17.9 Å². The van der Waals surface area contributed by atoms with Gasteiger partial charge in [-0.3, -0.25) is 9.59 Å². The summed E-state index contributed by atoms with van der Waals surface area (Å²) in [6, 6.07) is 0. The van der Waals surface area contributed by atoms with Crippen LogP contribution in [0.1, 0.15) is 40.5 Å². The molecular weight excluding hydrogens is 285 g/mol. The van der Waals surface area contributed by atoms with Crippen molar-refractivity contribution in [2.24, 2.45) is 10.8 Å². The monoisotopic (exact) mass is 305 g/mol. The van der Waals surface area contributed by atoms with Crippen molar-refractivity contribution in [2.45, 2.75) is 40.5 Å². The predicted molar refractivity (Wildman–Crippen MR) is 56.4 cm³/mol. The van der Waals surface area contributed by atoms with Gasteiger partial charge in [-0.2, -0.15) is 0 Å². The van der Waals surface area contributed by atoms with Crippen LogP contribution in [-0.4, -0.2) is 24.2 Å². The minimum Gasteiger partial charge on any atom is -0.481 e. The number of rotatable bonds is 5. The van der Waals surface area contributed by atoms with E-state index in [0.717, 1.165) is 0 Å². The summed E-state index contributed by atoms with van der Waals surface area (Å²) in [5.74, 6) is -1.24. The average Bonchev–Trinajstić information content (AvgIpc) is 2.15. The zero-order valence-electron chi connectivity index (χ0n) is 10.7. The molecule has 0 heterocycles. The van der Waals surface area contributed by atoms with Gasteiger partial charge in [0.2, 0.25) is 0 Å². The largest absolute Gasteiger partial charge is 0.481 e. The Morgan fingerprint density at radius 3 is 1.94 bits per heavy atom. The van der Waals surface area contributed by atoms with Crippen LogP contribution in [0.5, 0.6) is 0 Å². The van der Waals surface area contributed by atoms with Gasteiger partial charge in [-0.05, 0) is 33.6 Å². The maximum absolute atomic E-state index is 11.4. The molecule has 0 fully saturated rings. The van der Waals surface area contributed by atoms with Gasteiger partial charge in [0.15, 0.2) is 0 Å². The first-order valence-electron chi connectivity index (χ1n) is 5.01. The molecule has 1 unspecified atom stereocenters. The van der Waals surface area contributed by atoms with Gasteiger partial charge in [0, 0.05) is 32.7 Å². The van der Waals surface area contributed by atoms with Crippen molar-refractivity contribution in [3.05, 3.63) is 0 Å². The molecule has 16 heavy (non-hydrogen) atoms. The molecule has 5 heteroatoms. The van der Waals surface area contributed by atoms with Crippen LogP contribution >= 0.6 is 0 Å². The molecule has 0 aliphatic rings. The molecule has 0 aromatic carbocycles. The van der Waals surface area contributed by atoms with Crippen LogP contribution in [0.3, 0.4) is 0 Å². The maximum atomic E-state index is 11.4. The second-order valence-electron chi connectivity index (χ2n) is 4.77. The number of carboxylic acids is 1. The summed E-state index contributed by atoms with van der Waals surface area (Å²) in [7, 11) is 1.31. The number of methoxy groups -OCH3 is 1. The molecule has 0 bridgehead atoms. The van der Waals surface area contributed by atoms with Crippen LogP contribution in [-0.2, 0) is 47.0 Å². The Morgan fingerprint density at radius 1 is 1.25 bits per heavy atom. The number of hydrogen-bond acceptors (Lipinski definition) is 3. The van der Waals surface area contributed by atoms with E-state index in [1.54, 1.807) is 20.8 Å². The molecular formula is C11H20O4Y. The second kappa shape index (κ2) is 6.70. The van der Waals surface area contributed by atoms with Crippen LogP contribution in [0, 0.1) is 10.8 Å². The van der Waals surface area contributed by atoms with E-state index < -0.39 is 16.8 Å². The van der Waals surface area contributed by atoms with E-state index in [1.807, 2.05) is 6.92 Å². The van der Waals surface area contributed by atoms with E-state index in [2.05, 4.69) is 4.74 Å². The summed E-state index contributed by atoms with van der Waals surface area (Å²) in [4.78, 5) is 22.5. The van der Waals surface area contributed by atoms with Gasteiger partial charge >= 0.3 is 11.9 Å². The van der Waals surface area contributed by atoms with Gasteiger partial charge < -0.3 is 9.84 Å². The summed E-state index contributed by atoms with van der Waals surface area (Å²) < 4.78 is 4.65. The molecule has 0 amide bonds. The SMILES string of the molecule is CCC(C)(CC(C)(C)C(=O)OC)C(=O)O.[Y]. The molecule has 0 aliphatic heterocycles. The molecule has 1 radical (unpaired) electrons. The Hall–Kier alpha value is 0.0439. The second-order valence-corrected chi connectivity index (χ2v) is 4.77. The zero-order chi connectivity index (χ0) is 12.3. The average molecular weight is 305 g/mol. The van der Waals surface area contributed by atoms with Gasteiger partial charge in [-0.1, -0.05) is 6.92 Å². The van der Waals surface area contributed by atoms with Gasteiger partial charge in [0.1, 0.15) is 0 Å². The van der Waals surface area contributed by atoms with Crippen molar-refractivity contribution >= 4 is 11.9 Å². The fourth-order valence-corrected chi connectivity index (χ4v) is 1.68. The minimum absolute atomic E-state index is 0. The van der Waals surface area contributed by atoms with Crippen LogP contribution in [0.2, 0.25) is 0 Å². The fraction of sp³-hybridized carbons (Fsp3) is 0.818. The maximum Gasteiger partial charge on any atom is 0.311 e. The molecule has 4 nitrogen and oxygen atoms in total. The van der Waals surface area contributed by atoms with E-state index in [0.29, 0.717) is 6.42 Å². The Morgan fingerprint density at radius 2 is 1.69 bits per heavy atom. The first kappa shape index (κ1) is 18.4. The van der Waals surface area contributed by atoms with Crippen molar-refractivity contribution < 1.29 is 52.1 Å². The minimum atomic E-state index is -0.877. The molecule has 0 aliphatic carbocycles. The standard InChI is InChI=1S/C11H20O4.Y/c1-6-11(4,8(12)13)7-10(2,3)9(14)15-5;/h6-7H2,1-5H3,(H,12,13);. The topological polar surface area (TPSA) is 63.6 Å². The smallest absolute Gasteiger partial charge is 0.311 e. The van der Waals surface area contributed by atoms with Crippen LogP contribution in [0.15, 0.2) is 0 Å². The van der Waals surface area contributed by atoms with Crippen LogP contribution in [0.25, 0.3) is 0 Å². The van der Waals surface area contributed by atoms with Crippen LogP contribution in [0.4, 0.5) is 0 Å². The number of carbonyl (C=O) groups is 2. The number of aliphatic carboxylic acids is 1. The van der Waals surface area contributed by atoms with E-state index in [4.69, 9.17) is 5.11 Å². The Kier molecular flexibility index (Phi) is 7.71. The Balaban J connectivity index is 0. The summed E-state index contributed by atoms with van der Waals surface area (Å²) in [6.45, 7) is 6.87. The van der Waals surface area contributed by atoms with E-state index >= 15 is 0 Å². The third kappa shape index (κ3) is 4.50. The molecule has 0 saturated heterocycles. The predicted octanol–water partition coefficient (Wildman–Crippen LogP) is 2.07. The van der Waals surface area contributed by atoms with E-state index in [-0.39, 0.29) is 45.1 Å². The third-order valence-electron chi connectivity index (χ3n) is 2.87. The molecule has 0 saturated carbocycles. The molecule has 0 spiro atoms. The normalized spacial score (nSPS) is 14.6. The molecule has 0 aromatic heterocycles. The first-order chi connectivity index (χ1) is 6.69. The molecule has 0 rings (SSSR count).